The molecule has 0 aromatic heterocycles. The molecule has 5 N–H and O–H groups in total. The van der Waals surface area contributed by atoms with Gasteiger partial charge in [-0.2, -0.15) is 0 Å². The molecule has 25 heavy (non-hydrogen) atoms. The summed E-state index contributed by atoms with van der Waals surface area (Å²) < 4.78 is 16.8. The number of carbonyl (C=O) groups is 1. The number of nitrogens with one attached hydrogen (secondary N) is 2. The fourth-order valence-electron chi connectivity index (χ4n) is 3.68. The number of likely N-dealkylation sites (N-methyl/N-ethyl adjacent to an activating group) is 2. The molecule has 0 aromatic rings. The summed E-state index contributed by atoms with van der Waals surface area (Å²) in [7, 11) is 3.24. The number of carbonyl (C=O) groups excluding carboxylic acids is 1. The zero-order valence-corrected chi connectivity index (χ0v) is 15.8. The number of Topliss-reactive ketones (excluding diaryl/α,β-unsaturated/α-hetero) is 1. The zero-order chi connectivity index (χ0) is 16.9. The van der Waals surface area contributed by atoms with Crippen molar-refractivity contribution >= 4 is 30.6 Å². The number of aliphatic hydroxyl groups is 3. The van der Waals surface area contributed by atoms with Crippen LogP contribution in [0.3, 0.4) is 0 Å². The lowest BCUT2D eigenvalue weighted by molar-refractivity contribution is -0.420. The van der Waals surface area contributed by atoms with Crippen LogP contribution in [-0.2, 0) is 19.0 Å². The number of ketones is 1. The predicted molar refractivity (Wildman–Crippen MR) is 90.9 cm³/mol. The summed E-state index contributed by atoms with van der Waals surface area (Å²) in [5.74, 6) is -2.76. The summed E-state index contributed by atoms with van der Waals surface area (Å²) in [6.45, 7) is 1.70. The van der Waals surface area contributed by atoms with Crippen LogP contribution in [0.15, 0.2) is 0 Å². The number of hydrogen-bond donors (Lipinski definition) is 5. The topological polar surface area (TPSA) is 130 Å². The van der Waals surface area contributed by atoms with E-state index >= 15 is 0 Å². The van der Waals surface area contributed by atoms with Crippen LogP contribution >= 0.6 is 24.8 Å². The van der Waals surface area contributed by atoms with Gasteiger partial charge in [-0.05, 0) is 21.0 Å². The molecule has 11 heteroatoms. The molecule has 1 saturated carbocycles. The van der Waals surface area contributed by atoms with Gasteiger partial charge in [0, 0.05) is 6.42 Å². The zero-order valence-electron chi connectivity index (χ0n) is 14.1. The lowest BCUT2D eigenvalue weighted by atomic mass is 9.80. The molecule has 1 aliphatic carbocycles. The SMILES string of the molecule is CN[C@@H]1C(O)[C@H](NC)[C@H]2O[C@@]3(O)C(=O)CC(C)O[C@H]3O[C@@H]2[C@H]1O.Cl.Cl. The van der Waals surface area contributed by atoms with E-state index in [4.69, 9.17) is 14.2 Å². The van der Waals surface area contributed by atoms with Crippen molar-refractivity contribution in [3.8, 4) is 0 Å². The maximum Gasteiger partial charge on any atom is 0.280 e. The molecular weight excluding hydrogens is 379 g/mol. The number of ether oxygens (including phenoxy) is 3. The average molecular weight is 405 g/mol. The van der Waals surface area contributed by atoms with Crippen LogP contribution in [0.25, 0.3) is 0 Å². The highest BCUT2D eigenvalue weighted by Gasteiger charge is 2.63. The molecule has 0 aromatic carbocycles. The van der Waals surface area contributed by atoms with Crippen LogP contribution < -0.4 is 10.6 Å². The van der Waals surface area contributed by atoms with E-state index in [-0.39, 0.29) is 31.2 Å². The van der Waals surface area contributed by atoms with E-state index in [0.29, 0.717) is 0 Å². The molecule has 2 aliphatic heterocycles. The molecule has 0 bridgehead atoms. The summed E-state index contributed by atoms with van der Waals surface area (Å²) >= 11 is 0. The summed E-state index contributed by atoms with van der Waals surface area (Å²) in [5.41, 5.74) is 0. The molecule has 3 rings (SSSR count). The Bertz CT molecular complexity index is 488. The highest BCUT2D eigenvalue weighted by molar-refractivity contribution is 5.87. The number of rotatable bonds is 2. The second kappa shape index (κ2) is 8.30. The first kappa shape index (κ1) is 23.0. The molecule has 3 fully saturated rings. The Morgan fingerprint density at radius 1 is 1.04 bits per heavy atom. The van der Waals surface area contributed by atoms with Gasteiger partial charge in [0.25, 0.3) is 5.79 Å². The van der Waals surface area contributed by atoms with E-state index in [0.717, 1.165) is 0 Å². The van der Waals surface area contributed by atoms with Gasteiger partial charge in [0.2, 0.25) is 6.29 Å². The molecule has 0 amide bonds. The summed E-state index contributed by atoms with van der Waals surface area (Å²) in [6, 6.07) is -1.29. The van der Waals surface area contributed by atoms with Crippen LogP contribution in [0, 0.1) is 0 Å². The lowest BCUT2D eigenvalue weighted by Crippen LogP contribution is -2.77. The number of fused-ring (bicyclic) bond motifs is 2. The molecule has 2 heterocycles. The second-order valence-electron chi connectivity index (χ2n) is 6.40. The third-order valence-corrected chi connectivity index (χ3v) is 4.93. The van der Waals surface area contributed by atoms with Gasteiger partial charge in [0.1, 0.15) is 18.3 Å². The molecule has 9 nitrogen and oxygen atoms in total. The van der Waals surface area contributed by atoms with Crippen molar-refractivity contribution in [3.63, 3.8) is 0 Å². The third kappa shape index (κ3) is 3.55. The fourth-order valence-corrected chi connectivity index (χ4v) is 3.68. The minimum atomic E-state index is -2.23. The molecule has 0 spiro atoms. The molecular formula is C14H26Cl2N2O7. The van der Waals surface area contributed by atoms with Crippen LogP contribution in [0.4, 0.5) is 0 Å². The highest BCUT2D eigenvalue weighted by Crippen LogP contribution is 2.40. The Balaban J connectivity index is 0.00000156. The first-order chi connectivity index (χ1) is 10.8. The minimum Gasteiger partial charge on any atom is -0.390 e. The van der Waals surface area contributed by atoms with Gasteiger partial charge in [-0.25, -0.2) is 0 Å². The van der Waals surface area contributed by atoms with E-state index in [2.05, 4.69) is 10.6 Å². The van der Waals surface area contributed by atoms with Crippen molar-refractivity contribution in [2.75, 3.05) is 14.1 Å². The smallest absolute Gasteiger partial charge is 0.280 e. The first-order valence-corrected chi connectivity index (χ1v) is 7.78. The molecule has 148 valence electrons. The van der Waals surface area contributed by atoms with Gasteiger partial charge in [0.05, 0.1) is 24.3 Å². The van der Waals surface area contributed by atoms with Crippen molar-refractivity contribution in [1.82, 2.24) is 10.6 Å². The molecule has 9 atom stereocenters. The Kier molecular flexibility index (Phi) is 7.63. The predicted octanol–water partition coefficient (Wildman–Crippen LogP) is -2.08. The van der Waals surface area contributed by atoms with Crippen molar-refractivity contribution in [1.29, 1.82) is 0 Å². The van der Waals surface area contributed by atoms with Crippen LogP contribution in [0.1, 0.15) is 13.3 Å². The Hall–Kier alpha value is -0.0700. The molecule has 3 aliphatic rings. The standard InChI is InChI=1S/C14H24N2O7.2ClH/c1-5-4-6(17)14(20)13(21-5)22-12-10(19)7(15-2)9(18)8(16-3)11(12)23-14;;/h5,7-13,15-16,18-20H,4H2,1-3H3;2*1H/t5?,7-,8+,9?,10+,11-,12-,13+,14+;;/m1../s1. The quantitative estimate of drug-likeness (QED) is 0.351. The maximum absolute atomic E-state index is 12.2. The van der Waals surface area contributed by atoms with E-state index in [9.17, 15) is 20.1 Å². The Morgan fingerprint density at radius 2 is 1.64 bits per heavy atom. The van der Waals surface area contributed by atoms with Crippen LogP contribution in [-0.4, -0.2) is 89.9 Å². The number of hydrogen-bond acceptors (Lipinski definition) is 9. The number of aliphatic hydroxyl groups excluding tert-OH is 2. The second-order valence-corrected chi connectivity index (χ2v) is 6.40. The summed E-state index contributed by atoms with van der Waals surface area (Å²) in [5, 5.41) is 37.2. The van der Waals surface area contributed by atoms with Crippen LogP contribution in [0.5, 0.6) is 0 Å². The Morgan fingerprint density at radius 3 is 2.20 bits per heavy atom. The van der Waals surface area contributed by atoms with Crippen molar-refractivity contribution in [2.24, 2.45) is 0 Å². The van der Waals surface area contributed by atoms with Gasteiger partial charge >= 0.3 is 0 Å². The molecule has 2 unspecified atom stereocenters. The maximum atomic E-state index is 12.2. The van der Waals surface area contributed by atoms with E-state index in [1.165, 1.54) is 0 Å². The largest absolute Gasteiger partial charge is 0.390 e. The van der Waals surface area contributed by atoms with E-state index < -0.39 is 60.5 Å². The van der Waals surface area contributed by atoms with Crippen molar-refractivity contribution in [3.05, 3.63) is 0 Å². The summed E-state index contributed by atoms with van der Waals surface area (Å²) in [6.07, 6.45) is -5.58. The van der Waals surface area contributed by atoms with Gasteiger partial charge < -0.3 is 40.2 Å². The van der Waals surface area contributed by atoms with Crippen molar-refractivity contribution < 1.29 is 34.3 Å². The molecule has 2 saturated heterocycles. The van der Waals surface area contributed by atoms with Gasteiger partial charge in [-0.15, -0.1) is 24.8 Å². The monoisotopic (exact) mass is 404 g/mol. The minimum absolute atomic E-state index is 0. The Labute approximate surface area is 158 Å². The molecule has 0 radical (unpaired) electrons. The van der Waals surface area contributed by atoms with Gasteiger partial charge in [-0.3, -0.25) is 4.79 Å². The van der Waals surface area contributed by atoms with Crippen LogP contribution in [0.2, 0.25) is 0 Å². The highest BCUT2D eigenvalue weighted by atomic mass is 35.5. The fraction of sp³-hybridized carbons (Fsp3) is 0.929. The first-order valence-electron chi connectivity index (χ1n) is 7.78. The lowest BCUT2D eigenvalue weighted by Gasteiger charge is -2.55. The van der Waals surface area contributed by atoms with Gasteiger partial charge in [-0.1, -0.05) is 0 Å². The van der Waals surface area contributed by atoms with E-state index in [1.807, 2.05) is 0 Å². The average Bonchev–Trinajstić information content (AvgIpc) is 2.49. The summed E-state index contributed by atoms with van der Waals surface area (Å²) in [4.78, 5) is 12.2. The van der Waals surface area contributed by atoms with Gasteiger partial charge in [0.15, 0.2) is 5.78 Å². The third-order valence-electron chi connectivity index (χ3n) is 4.93. The van der Waals surface area contributed by atoms with E-state index in [1.54, 1.807) is 21.0 Å². The number of halogens is 2. The normalized spacial score (nSPS) is 49.3. The van der Waals surface area contributed by atoms with Crippen molar-refractivity contribution in [2.45, 2.75) is 68.0 Å².